The lowest BCUT2D eigenvalue weighted by Crippen LogP contribution is -2.32. The van der Waals surface area contributed by atoms with Crippen LogP contribution in [0.2, 0.25) is 0 Å². The molecule has 13 rings (SSSR count). The van der Waals surface area contributed by atoms with Gasteiger partial charge in [-0.3, -0.25) is 38.4 Å². The molecule has 4 heterocycles. The van der Waals surface area contributed by atoms with Gasteiger partial charge in [0.1, 0.15) is 69.0 Å². The molecule has 0 aromatic heterocycles. The number of carbonyl (C=O) groups excluding carboxylic acids is 8. The van der Waals surface area contributed by atoms with Crippen LogP contribution in [0.15, 0.2) is 121 Å². The molecule has 24 heteroatoms. The van der Waals surface area contributed by atoms with E-state index in [1.54, 1.807) is 97.1 Å². The third kappa shape index (κ3) is 18.7. The van der Waals surface area contributed by atoms with Gasteiger partial charge in [-0.15, -0.1) is 0 Å². The molecule has 0 saturated carbocycles. The van der Waals surface area contributed by atoms with Crippen molar-refractivity contribution in [3.8, 4) is 69.0 Å². The summed E-state index contributed by atoms with van der Waals surface area (Å²) in [7, 11) is 0. The topological polar surface area (TPSA) is 295 Å². The van der Waals surface area contributed by atoms with Crippen molar-refractivity contribution in [3.63, 3.8) is 0 Å². The van der Waals surface area contributed by atoms with Crippen LogP contribution in [0.1, 0.15) is 262 Å². The molecular weight excluding hydrogens is 1480 g/mol. The van der Waals surface area contributed by atoms with Crippen molar-refractivity contribution >= 4 is 48.8 Å². The SMILES string of the molecule is CCCCCC1c2cc3c4c(CNC(=O)COc5ccccc5C=O)c2OCOc2c1cc1c(c2CNC(=O)COc2ccccc2C=O)OCOc2c(cc5c(c2CNC(=O)COc2ccccc2C=O)OCOc2c(cc(c(c2CNC(=O)COc2ccccc2C=O)OCO4)C3CCCCC)C5CCCCC)C1CCCCC. The van der Waals surface area contributed by atoms with Crippen LogP contribution in [0, 0.1) is 0 Å². The first-order valence-corrected chi connectivity index (χ1v) is 40.5. The van der Waals surface area contributed by atoms with Gasteiger partial charge in [-0.1, -0.05) is 153 Å². The average Bonchev–Trinajstić information content (AvgIpc) is 0.720. The first kappa shape index (κ1) is 81.9. The van der Waals surface area contributed by atoms with Crippen LogP contribution >= 0.6 is 0 Å². The Balaban J connectivity index is 1.10. The highest BCUT2D eigenvalue weighted by Gasteiger charge is 2.42. The van der Waals surface area contributed by atoms with E-state index in [2.05, 4.69) is 73.2 Å². The van der Waals surface area contributed by atoms with Gasteiger partial charge in [-0.05, 0) is 98.5 Å². The number of nitrogens with one attached hydrogen (secondary N) is 4. The van der Waals surface area contributed by atoms with E-state index in [1.165, 1.54) is 0 Å². The number of unbranched alkanes of at least 4 members (excludes halogenated alkanes) is 8. The van der Waals surface area contributed by atoms with Gasteiger partial charge in [-0.2, -0.15) is 0 Å². The normalized spacial score (nSPS) is 15.6. The van der Waals surface area contributed by atoms with Gasteiger partial charge in [0, 0.05) is 68.2 Å². The number of para-hydroxylation sites is 4. The number of ether oxygens (including phenoxy) is 12. The summed E-state index contributed by atoms with van der Waals surface area (Å²) in [5.74, 6) is -0.233. The Bertz CT molecular complexity index is 4180. The molecule has 0 fully saturated rings. The molecule has 608 valence electrons. The van der Waals surface area contributed by atoms with E-state index >= 15 is 0 Å². The summed E-state index contributed by atoms with van der Waals surface area (Å²) in [4.78, 5) is 107. The Labute approximate surface area is 675 Å². The molecule has 8 bridgehead atoms. The van der Waals surface area contributed by atoms with Gasteiger partial charge in [0.2, 0.25) is 27.2 Å². The maximum absolute atomic E-state index is 14.6. The first-order valence-electron chi connectivity index (χ1n) is 40.5. The lowest BCUT2D eigenvalue weighted by atomic mass is 9.74. The highest BCUT2D eigenvalue weighted by molar-refractivity contribution is 5.85. The fourth-order valence-corrected chi connectivity index (χ4v) is 16.3. The van der Waals surface area contributed by atoms with E-state index < -0.39 is 101 Å². The van der Waals surface area contributed by atoms with Crippen LogP contribution in [0.4, 0.5) is 0 Å². The summed E-state index contributed by atoms with van der Waals surface area (Å²) in [5.41, 5.74) is 9.14. The molecule has 24 nitrogen and oxygen atoms in total. The zero-order valence-corrected chi connectivity index (χ0v) is 66.1. The second-order valence-electron chi connectivity index (χ2n) is 29.5. The van der Waals surface area contributed by atoms with Crippen molar-refractivity contribution < 1.29 is 95.2 Å². The minimum atomic E-state index is -0.579. The predicted octanol–water partition coefficient (Wildman–Crippen LogP) is 15.8. The van der Waals surface area contributed by atoms with Crippen molar-refractivity contribution in [2.45, 2.75) is 180 Å². The van der Waals surface area contributed by atoms with Crippen LogP contribution < -0.4 is 78.1 Å². The Morgan fingerprint density at radius 1 is 0.302 bits per heavy atom. The molecule has 0 unspecified atom stereocenters. The summed E-state index contributed by atoms with van der Waals surface area (Å²) in [5, 5.41) is 12.6. The Hall–Kier alpha value is -12.1. The van der Waals surface area contributed by atoms with E-state index in [0.29, 0.717) is 119 Å². The molecule has 0 saturated heterocycles. The monoisotopic (exact) mass is 1580 g/mol. The fourth-order valence-electron chi connectivity index (χ4n) is 16.3. The molecule has 0 atom stereocenters. The second-order valence-corrected chi connectivity index (χ2v) is 29.5. The summed E-state index contributed by atoms with van der Waals surface area (Å²) in [6, 6.07) is 35.5. The maximum atomic E-state index is 14.6. The molecule has 8 aromatic rings. The van der Waals surface area contributed by atoms with E-state index in [1.807, 2.05) is 0 Å². The van der Waals surface area contributed by atoms with E-state index in [0.717, 1.165) is 122 Å². The molecule has 0 radical (unpaired) electrons. The zero-order chi connectivity index (χ0) is 80.9. The summed E-state index contributed by atoms with van der Waals surface area (Å²) in [6.45, 7) is 4.58. The number of amides is 4. The molecule has 4 amide bonds. The van der Waals surface area contributed by atoms with Gasteiger partial charge in [-0.25, -0.2) is 0 Å². The van der Waals surface area contributed by atoms with Crippen molar-refractivity contribution in [2.24, 2.45) is 0 Å². The van der Waals surface area contributed by atoms with E-state index in [4.69, 9.17) is 56.8 Å². The highest BCUT2D eigenvalue weighted by Crippen LogP contribution is 2.59. The Morgan fingerprint density at radius 3 is 0.672 bits per heavy atom. The fraction of sp³-hybridized carbons (Fsp3) is 0.391. The van der Waals surface area contributed by atoms with Crippen LogP contribution in [0.5, 0.6) is 69.0 Å². The smallest absolute Gasteiger partial charge is 0.258 e. The zero-order valence-electron chi connectivity index (χ0n) is 66.1. The number of hydrogen-bond acceptors (Lipinski definition) is 20. The lowest BCUT2D eigenvalue weighted by Gasteiger charge is -2.38. The number of hydrogen-bond donors (Lipinski definition) is 4. The second kappa shape index (κ2) is 39.8. The van der Waals surface area contributed by atoms with Gasteiger partial charge >= 0.3 is 0 Å². The molecule has 5 aliphatic rings. The maximum Gasteiger partial charge on any atom is 0.258 e. The first-order chi connectivity index (χ1) is 56.9. The van der Waals surface area contributed by atoms with Gasteiger partial charge in [0.15, 0.2) is 51.6 Å². The van der Waals surface area contributed by atoms with Crippen molar-refractivity contribution in [1.82, 2.24) is 21.3 Å². The molecule has 4 aliphatic heterocycles. The van der Waals surface area contributed by atoms with Crippen LogP contribution in [0.25, 0.3) is 0 Å². The molecule has 1 aliphatic carbocycles. The number of carbonyl (C=O) groups is 8. The van der Waals surface area contributed by atoms with Crippen molar-refractivity contribution in [1.29, 1.82) is 0 Å². The number of aldehydes is 4. The molecule has 4 N–H and O–H groups in total. The standard InChI is InChI=1S/C92H100N4O20/c1-5-9-13-29-61-65-37-67-62(30-14-10-6-2)69-39-71-64(32-16-12-8-4)72-40-70-63(31-15-11-7-3)68-38-66(61)86-74(42-94-82(102)50-106-78-34-22-18-26-58(78)46-98)88(68)112-55-114-90(70)76(44-96-84(104)52-108-80-36-24-20-28-60(80)48-100)92(72)116-56-115-91(71)75(43-95-83(103)51-107-79-35-23-19-27-59(79)47-99)89(69)113-54-111-87(67)73(85(65)109-53-110-86)41-93-81(101)49-105-77-33-21-17-25-57(77)45-97/h17-28,33-40,45-48,61-64H,5-16,29-32,41-44,49-56H2,1-4H3,(H,93,101)(H,94,102)(H,95,103)(H,96,104). The minimum Gasteiger partial charge on any atom is -0.483 e. The van der Waals surface area contributed by atoms with Gasteiger partial charge < -0.3 is 78.1 Å². The Morgan fingerprint density at radius 2 is 0.491 bits per heavy atom. The predicted molar refractivity (Wildman–Crippen MR) is 431 cm³/mol. The van der Waals surface area contributed by atoms with Crippen LogP contribution in [0.3, 0.4) is 0 Å². The van der Waals surface area contributed by atoms with E-state index in [9.17, 15) is 38.4 Å². The summed E-state index contributed by atoms with van der Waals surface area (Å²) in [6.07, 6.45) is 14.5. The molecule has 0 spiro atoms. The molecular formula is C92H100N4O20. The minimum absolute atomic E-state index is 0.154. The number of rotatable bonds is 40. The lowest BCUT2D eigenvalue weighted by molar-refractivity contribution is -0.124. The van der Waals surface area contributed by atoms with Crippen LogP contribution in [-0.4, -0.2) is 102 Å². The Kier molecular flexibility index (Phi) is 28.1. The van der Waals surface area contributed by atoms with Gasteiger partial charge in [0.25, 0.3) is 23.6 Å². The third-order valence-electron chi connectivity index (χ3n) is 22.0. The quantitative estimate of drug-likeness (QED) is 0.0205. The highest BCUT2D eigenvalue weighted by atomic mass is 16.7. The summed E-state index contributed by atoms with van der Waals surface area (Å²) < 4.78 is 81.4. The number of benzene rings is 8. The van der Waals surface area contributed by atoms with Crippen molar-refractivity contribution in [3.05, 3.63) is 210 Å². The molecule has 8 aromatic carbocycles. The molecule has 116 heavy (non-hydrogen) atoms. The third-order valence-corrected chi connectivity index (χ3v) is 22.0. The average molecular weight is 1580 g/mol. The summed E-state index contributed by atoms with van der Waals surface area (Å²) >= 11 is 0. The van der Waals surface area contributed by atoms with Crippen molar-refractivity contribution in [2.75, 3.05) is 53.6 Å². The largest absolute Gasteiger partial charge is 0.483 e. The van der Waals surface area contributed by atoms with Gasteiger partial charge in [0.05, 0.1) is 70.7 Å². The van der Waals surface area contributed by atoms with Crippen LogP contribution in [-0.2, 0) is 45.4 Å². The van der Waals surface area contributed by atoms with E-state index in [-0.39, 0.29) is 71.4 Å².